The molecule has 19 rings (SSSR count). The molecular formula is C87H62BN5. The van der Waals surface area contributed by atoms with Gasteiger partial charge < -0.3 is 18.4 Å². The van der Waals surface area contributed by atoms with E-state index in [9.17, 15) is 13.5 Å². The van der Waals surface area contributed by atoms with Crippen molar-refractivity contribution >= 4 is 143 Å². The van der Waals surface area contributed by atoms with Crippen molar-refractivity contribution in [3.63, 3.8) is 0 Å². The van der Waals surface area contributed by atoms with Gasteiger partial charge in [0.15, 0.2) is 0 Å². The molecule has 13 aromatic carbocycles. The standard InChI is InChI=1S/C87H62BN5/c1-86(2,3)55-40-43-76-69(46-55)70-44-52(51-89)45-72-84(70)92(76)79-50-78-80(66-36-23-35-65-61-31-16-14-29-59(61)58-28-13-15-30-60(58)62-32-17-22-39-75(62)91(78)82(65)66)85-81(79)88(72)71-42-41-57(90-73-37-20-18-33-63(73)64-34-19-21-38-74(64)90)49-77(71)93(85)83-67(53-24-9-7-10-25-53)47-56(87(4,5)6)48-68(83)54-26-11-8-12-27-54/h7-50H,1-6H3/i18D,19D,20D,21D,33D,34D,37D,38D. The lowest BCUT2D eigenvalue weighted by molar-refractivity contribution is 0.590. The molecule has 5 nitrogen and oxygen atoms in total. The van der Waals surface area contributed by atoms with Crippen LogP contribution in [0.1, 0.15) is 69.2 Å². The van der Waals surface area contributed by atoms with Crippen LogP contribution in [0.5, 0.6) is 0 Å². The molecule has 0 saturated carbocycles. The lowest BCUT2D eigenvalue weighted by Crippen LogP contribution is -2.60. The minimum absolute atomic E-state index is 0.00791. The fourth-order valence-corrected chi connectivity index (χ4v) is 16.0. The van der Waals surface area contributed by atoms with Gasteiger partial charge in [-0.1, -0.05) is 236 Å². The molecule has 0 fully saturated rings. The lowest BCUT2D eigenvalue weighted by Gasteiger charge is -2.42. The molecule has 0 spiro atoms. The summed E-state index contributed by atoms with van der Waals surface area (Å²) in [5, 5.41) is 21.9. The number of hydrogen-bond donors (Lipinski definition) is 0. The average Bonchev–Trinajstić information content (AvgIpc) is 1.58. The highest BCUT2D eigenvalue weighted by atomic mass is 15.2. The number of benzene rings is 13. The van der Waals surface area contributed by atoms with E-state index in [0.717, 1.165) is 148 Å². The number of nitriles is 1. The molecule has 0 N–H and O–H groups in total. The summed E-state index contributed by atoms with van der Waals surface area (Å²) >= 11 is 0. The van der Waals surface area contributed by atoms with E-state index in [1.165, 1.54) is 0 Å². The average molecular weight is 1200 g/mol. The molecule has 2 aliphatic rings. The van der Waals surface area contributed by atoms with Crippen molar-refractivity contribution in [2.24, 2.45) is 0 Å². The molecule has 6 heterocycles. The first-order valence-corrected chi connectivity index (χ1v) is 31.9. The summed E-state index contributed by atoms with van der Waals surface area (Å²) in [6.45, 7) is 12.9. The van der Waals surface area contributed by atoms with Gasteiger partial charge in [-0.25, -0.2) is 0 Å². The predicted molar refractivity (Wildman–Crippen MR) is 395 cm³/mol. The molecule has 17 aromatic rings. The predicted octanol–water partition coefficient (Wildman–Crippen LogP) is 20.9. The van der Waals surface area contributed by atoms with Gasteiger partial charge in [-0.3, -0.25) is 0 Å². The summed E-state index contributed by atoms with van der Waals surface area (Å²) in [4.78, 5) is 2.48. The van der Waals surface area contributed by atoms with E-state index >= 15 is 0 Å². The second kappa shape index (κ2) is 19.3. The molecule has 0 amide bonds. The van der Waals surface area contributed by atoms with Gasteiger partial charge in [0.1, 0.15) is 0 Å². The fraction of sp³-hybridized carbons (Fsp3) is 0.0920. The molecular weight excluding hydrogens is 1130 g/mol. The summed E-state index contributed by atoms with van der Waals surface area (Å²) in [6, 6.07) is 77.4. The van der Waals surface area contributed by atoms with Crippen LogP contribution in [-0.2, 0) is 10.8 Å². The van der Waals surface area contributed by atoms with E-state index < -0.39 is 43.0 Å². The molecule has 0 saturated heterocycles. The topological polar surface area (TPSA) is 41.3 Å². The molecule has 0 aliphatic carbocycles. The Bertz CT molecular complexity index is 6590. The summed E-state index contributed by atoms with van der Waals surface area (Å²) in [6.07, 6.45) is 0. The highest BCUT2D eigenvalue weighted by Gasteiger charge is 2.46. The zero-order valence-electron chi connectivity index (χ0n) is 60.1. The van der Waals surface area contributed by atoms with Gasteiger partial charge in [0, 0.05) is 76.8 Å². The molecule has 93 heavy (non-hydrogen) atoms. The second-order valence-corrected chi connectivity index (χ2v) is 27.3. The Morgan fingerprint density at radius 1 is 0.387 bits per heavy atom. The number of rotatable bonds is 4. The lowest BCUT2D eigenvalue weighted by atomic mass is 9.33. The van der Waals surface area contributed by atoms with Crippen molar-refractivity contribution in [2.45, 2.75) is 52.4 Å². The minimum atomic E-state index is -0.582. The van der Waals surface area contributed by atoms with E-state index in [2.05, 4.69) is 262 Å². The smallest absolute Gasteiger partial charge is 0.252 e. The number of fused-ring (bicyclic) bond motifs is 21. The third-order valence-electron chi connectivity index (χ3n) is 20.1. The fourth-order valence-electron chi connectivity index (χ4n) is 16.0. The first-order chi connectivity index (χ1) is 48.7. The summed E-state index contributed by atoms with van der Waals surface area (Å²) < 4.78 is 82.2. The van der Waals surface area contributed by atoms with Crippen molar-refractivity contribution in [3.05, 3.63) is 283 Å². The Balaban J connectivity index is 1.12. The van der Waals surface area contributed by atoms with E-state index in [1.54, 1.807) is 4.57 Å². The van der Waals surface area contributed by atoms with Crippen LogP contribution in [0.25, 0.3) is 137 Å². The van der Waals surface area contributed by atoms with Crippen LogP contribution in [0.4, 0.5) is 17.1 Å². The maximum Gasteiger partial charge on any atom is 0.252 e. The summed E-state index contributed by atoms with van der Waals surface area (Å²) in [5.74, 6) is 0. The first-order valence-electron chi connectivity index (χ1n) is 35.9. The first kappa shape index (κ1) is 45.8. The number of anilines is 3. The van der Waals surface area contributed by atoms with Gasteiger partial charge in [-0.05, 0) is 144 Å². The van der Waals surface area contributed by atoms with Crippen LogP contribution in [0.15, 0.2) is 267 Å². The third-order valence-corrected chi connectivity index (χ3v) is 20.1. The third kappa shape index (κ3) is 7.51. The molecule has 438 valence electrons. The number of aromatic nitrogens is 3. The van der Waals surface area contributed by atoms with Crippen molar-refractivity contribution in [1.82, 2.24) is 13.5 Å². The molecule has 2 aliphatic heterocycles. The van der Waals surface area contributed by atoms with Crippen molar-refractivity contribution in [1.29, 1.82) is 5.26 Å². The summed E-state index contributed by atoms with van der Waals surface area (Å²) in [5.41, 5.74) is 17.6. The Morgan fingerprint density at radius 2 is 0.957 bits per heavy atom. The van der Waals surface area contributed by atoms with Crippen LogP contribution in [0.2, 0.25) is 0 Å². The van der Waals surface area contributed by atoms with Gasteiger partial charge in [-0.15, -0.1) is 0 Å². The molecule has 0 unspecified atom stereocenters. The minimum Gasteiger partial charge on any atom is -0.310 e. The Hall–Kier alpha value is -11.4. The van der Waals surface area contributed by atoms with Gasteiger partial charge in [0.2, 0.25) is 0 Å². The molecule has 0 bridgehead atoms. The normalized spacial score (nSPS) is 14.2. The Morgan fingerprint density at radius 3 is 1.59 bits per heavy atom. The molecule has 4 aromatic heterocycles. The number of nitrogens with zero attached hydrogens (tertiary/aromatic N) is 5. The van der Waals surface area contributed by atoms with E-state index in [4.69, 9.17) is 2.74 Å². The quantitative estimate of drug-likeness (QED) is 0.165. The largest absolute Gasteiger partial charge is 0.310 e. The SMILES string of the molecule is [2H]c1c([2H])c([2H])c2c(c1[2H])c1c([2H])c([2H])c([2H])c([2H])c1n2-c1ccc2c(c1)N(c1c(-c3ccccc3)cc(C(C)(C)C)cc1-c1ccccc1)c1c3c(cc4c1c1cccc5c6ccccc6c6ccccc6c6ccccc6n4c51)-n1c4ccc(C(C)(C)C)cc4c4cc(C#N)cc(c41)B23. The number of hydrogen-bond acceptors (Lipinski definition) is 2. The Kier molecular flexibility index (Phi) is 9.52. The van der Waals surface area contributed by atoms with Crippen molar-refractivity contribution < 1.29 is 11.0 Å². The second-order valence-electron chi connectivity index (χ2n) is 27.3. The van der Waals surface area contributed by atoms with Crippen LogP contribution in [0.3, 0.4) is 0 Å². The monoisotopic (exact) mass is 1200 g/mol. The van der Waals surface area contributed by atoms with Gasteiger partial charge >= 0.3 is 0 Å². The van der Waals surface area contributed by atoms with Gasteiger partial charge in [0.25, 0.3) is 6.71 Å². The van der Waals surface area contributed by atoms with Crippen molar-refractivity contribution in [2.75, 3.05) is 4.90 Å². The number of para-hydroxylation sites is 4. The van der Waals surface area contributed by atoms with Crippen LogP contribution in [-0.4, -0.2) is 20.2 Å². The zero-order valence-corrected chi connectivity index (χ0v) is 52.1. The highest BCUT2D eigenvalue weighted by molar-refractivity contribution is 7.00. The zero-order chi connectivity index (χ0) is 69.3. The highest BCUT2D eigenvalue weighted by Crippen LogP contribution is 2.55. The Labute approximate surface area is 550 Å². The maximum atomic E-state index is 11.5. The maximum absolute atomic E-state index is 11.5. The van der Waals surface area contributed by atoms with E-state index in [0.29, 0.717) is 16.9 Å². The van der Waals surface area contributed by atoms with Gasteiger partial charge in [0.05, 0.1) is 67.1 Å². The van der Waals surface area contributed by atoms with Crippen LogP contribution >= 0.6 is 0 Å². The van der Waals surface area contributed by atoms with Crippen LogP contribution < -0.4 is 21.3 Å². The van der Waals surface area contributed by atoms with E-state index in [1.807, 2.05) is 18.2 Å². The summed E-state index contributed by atoms with van der Waals surface area (Å²) in [7, 11) is 0. The van der Waals surface area contributed by atoms with Crippen molar-refractivity contribution in [3.8, 4) is 39.7 Å². The molecule has 0 radical (unpaired) electrons. The molecule has 0 atom stereocenters. The van der Waals surface area contributed by atoms with Gasteiger partial charge in [-0.2, -0.15) is 5.26 Å². The van der Waals surface area contributed by atoms with E-state index in [-0.39, 0.29) is 44.7 Å². The van der Waals surface area contributed by atoms with Crippen LogP contribution in [0, 0.1) is 11.3 Å². The molecule has 6 heteroatoms.